The molecule has 1 saturated heterocycles. The van der Waals surface area contributed by atoms with Crippen molar-refractivity contribution in [3.8, 4) is 0 Å². The third-order valence-electron chi connectivity index (χ3n) is 3.06. The first-order chi connectivity index (χ1) is 7.85. The molecule has 0 aromatic rings. The Balaban J connectivity index is 2.55. The summed E-state index contributed by atoms with van der Waals surface area (Å²) in [5, 5.41) is 2.37. The number of carbonyl (C=O) groups excluding carboxylic acids is 2. The van der Waals surface area contributed by atoms with E-state index in [1.54, 1.807) is 12.0 Å². The fraction of sp³-hybridized carbons (Fsp3) is 0.833. The molecule has 0 bridgehead atoms. The molecular weight excluding hydrogens is 220 g/mol. The molecule has 98 valence electrons. The van der Waals surface area contributed by atoms with Crippen molar-refractivity contribution >= 4 is 11.9 Å². The monoisotopic (exact) mass is 242 g/mol. The van der Waals surface area contributed by atoms with Gasteiger partial charge in [0.25, 0.3) is 0 Å². The van der Waals surface area contributed by atoms with Crippen LogP contribution in [0.1, 0.15) is 27.2 Å². The molecule has 1 fully saturated rings. The molecule has 0 aromatic heterocycles. The van der Waals surface area contributed by atoms with E-state index < -0.39 is 0 Å². The van der Waals surface area contributed by atoms with Crippen molar-refractivity contribution in [2.45, 2.75) is 27.2 Å². The maximum absolute atomic E-state index is 11.7. The molecule has 1 rings (SSSR count). The fourth-order valence-electron chi connectivity index (χ4n) is 1.91. The van der Waals surface area contributed by atoms with Crippen molar-refractivity contribution in [3.05, 3.63) is 0 Å². The van der Waals surface area contributed by atoms with Crippen LogP contribution in [0.4, 0.5) is 4.79 Å². The van der Waals surface area contributed by atoms with Crippen molar-refractivity contribution in [1.82, 2.24) is 10.2 Å². The highest BCUT2D eigenvalue weighted by Gasteiger charge is 2.32. The quantitative estimate of drug-likeness (QED) is 0.789. The number of ether oxygens (including phenoxy) is 1. The summed E-state index contributed by atoms with van der Waals surface area (Å²) in [7, 11) is 1.67. The van der Waals surface area contributed by atoms with Crippen molar-refractivity contribution < 1.29 is 14.3 Å². The van der Waals surface area contributed by atoms with Gasteiger partial charge in [0, 0.05) is 26.8 Å². The number of nitrogens with one attached hydrogen (secondary N) is 1. The van der Waals surface area contributed by atoms with E-state index in [0.29, 0.717) is 19.7 Å². The van der Waals surface area contributed by atoms with E-state index in [1.807, 2.05) is 6.92 Å². The molecule has 1 aliphatic heterocycles. The van der Waals surface area contributed by atoms with Gasteiger partial charge in [0.15, 0.2) is 0 Å². The lowest BCUT2D eigenvalue weighted by atomic mass is 9.88. The van der Waals surface area contributed by atoms with Crippen molar-refractivity contribution in [1.29, 1.82) is 0 Å². The van der Waals surface area contributed by atoms with Gasteiger partial charge in [-0.1, -0.05) is 20.8 Å². The minimum atomic E-state index is -0.279. The average molecular weight is 242 g/mol. The third-order valence-corrected chi connectivity index (χ3v) is 3.06. The van der Waals surface area contributed by atoms with Crippen LogP contribution in [0.3, 0.4) is 0 Å². The molecule has 0 aliphatic carbocycles. The standard InChI is InChI=1S/C12H22N2O3/c1-9-7-14(11(16)13-10(9)15)8-12(2,3)5-6-17-4/h9H,5-8H2,1-4H3,(H,13,15,16). The molecule has 5 heteroatoms. The topological polar surface area (TPSA) is 58.6 Å². The van der Waals surface area contributed by atoms with Gasteiger partial charge in [-0.15, -0.1) is 0 Å². The van der Waals surface area contributed by atoms with Gasteiger partial charge in [-0.05, 0) is 11.8 Å². The van der Waals surface area contributed by atoms with E-state index in [0.717, 1.165) is 6.42 Å². The summed E-state index contributed by atoms with van der Waals surface area (Å²) in [6.45, 7) is 7.84. The van der Waals surface area contributed by atoms with Crippen LogP contribution in [0.15, 0.2) is 0 Å². The third kappa shape index (κ3) is 4.00. The lowest BCUT2D eigenvalue weighted by molar-refractivity contribution is -0.125. The SMILES string of the molecule is COCCC(C)(C)CN1CC(C)C(=O)NC1=O. The zero-order valence-electron chi connectivity index (χ0n) is 11.1. The Bertz CT molecular complexity index is 302. The van der Waals surface area contributed by atoms with Gasteiger partial charge >= 0.3 is 6.03 Å². The van der Waals surface area contributed by atoms with E-state index in [-0.39, 0.29) is 23.3 Å². The molecule has 0 spiro atoms. The highest BCUT2D eigenvalue weighted by atomic mass is 16.5. The van der Waals surface area contributed by atoms with Crippen LogP contribution in [0.25, 0.3) is 0 Å². The molecule has 1 atom stereocenters. The Hall–Kier alpha value is -1.10. The lowest BCUT2D eigenvalue weighted by Gasteiger charge is -2.36. The molecule has 1 N–H and O–H groups in total. The van der Waals surface area contributed by atoms with E-state index >= 15 is 0 Å². The van der Waals surface area contributed by atoms with Gasteiger partial charge in [-0.3, -0.25) is 10.1 Å². The lowest BCUT2D eigenvalue weighted by Crippen LogP contribution is -2.55. The maximum atomic E-state index is 11.7. The molecule has 1 unspecified atom stereocenters. The van der Waals surface area contributed by atoms with Crippen molar-refractivity contribution in [3.63, 3.8) is 0 Å². The van der Waals surface area contributed by atoms with Gasteiger partial charge < -0.3 is 9.64 Å². The van der Waals surface area contributed by atoms with Crippen LogP contribution in [0.5, 0.6) is 0 Å². The average Bonchev–Trinajstić information content (AvgIpc) is 2.23. The molecule has 17 heavy (non-hydrogen) atoms. The minimum absolute atomic E-state index is 0.00649. The summed E-state index contributed by atoms with van der Waals surface area (Å²) in [5.41, 5.74) is -0.00649. The van der Waals surface area contributed by atoms with E-state index in [2.05, 4.69) is 19.2 Å². The Morgan fingerprint density at radius 2 is 2.12 bits per heavy atom. The first-order valence-electron chi connectivity index (χ1n) is 5.94. The number of urea groups is 1. The predicted octanol–water partition coefficient (Wildman–Crippen LogP) is 1.24. The van der Waals surface area contributed by atoms with Crippen molar-refractivity contribution in [2.75, 3.05) is 26.8 Å². The number of hydrogen-bond acceptors (Lipinski definition) is 3. The Labute approximate surface area is 102 Å². The summed E-state index contributed by atoms with van der Waals surface area (Å²) in [6.07, 6.45) is 0.885. The zero-order chi connectivity index (χ0) is 13.1. The van der Waals surface area contributed by atoms with Gasteiger partial charge in [0.1, 0.15) is 0 Å². The largest absolute Gasteiger partial charge is 0.385 e. The van der Waals surface area contributed by atoms with E-state index in [9.17, 15) is 9.59 Å². The highest BCUT2D eigenvalue weighted by Crippen LogP contribution is 2.23. The molecule has 3 amide bonds. The van der Waals surface area contributed by atoms with Gasteiger partial charge in [-0.25, -0.2) is 4.79 Å². The first kappa shape index (κ1) is 14.0. The summed E-state index contributed by atoms with van der Waals surface area (Å²) < 4.78 is 5.06. The van der Waals surface area contributed by atoms with Gasteiger partial charge in [-0.2, -0.15) is 0 Å². The van der Waals surface area contributed by atoms with E-state index in [4.69, 9.17) is 4.74 Å². The van der Waals surface area contributed by atoms with E-state index in [1.165, 1.54) is 0 Å². The zero-order valence-corrected chi connectivity index (χ0v) is 11.1. The second-order valence-corrected chi connectivity index (χ2v) is 5.48. The molecule has 5 nitrogen and oxygen atoms in total. The van der Waals surface area contributed by atoms with Crippen LogP contribution in [-0.2, 0) is 9.53 Å². The molecule has 0 aromatic carbocycles. The summed E-state index contributed by atoms with van der Waals surface area (Å²) in [4.78, 5) is 24.7. The summed E-state index contributed by atoms with van der Waals surface area (Å²) in [6, 6.07) is -0.279. The molecule has 1 heterocycles. The number of carbonyl (C=O) groups is 2. The van der Waals surface area contributed by atoms with Crippen LogP contribution < -0.4 is 5.32 Å². The minimum Gasteiger partial charge on any atom is -0.385 e. The Kier molecular flexibility index (Phi) is 4.51. The number of rotatable bonds is 5. The van der Waals surface area contributed by atoms with Crippen molar-refractivity contribution in [2.24, 2.45) is 11.3 Å². The number of hydrogen-bond donors (Lipinski definition) is 1. The Morgan fingerprint density at radius 1 is 1.47 bits per heavy atom. The number of nitrogens with zero attached hydrogens (tertiary/aromatic N) is 1. The number of methoxy groups -OCH3 is 1. The fourth-order valence-corrected chi connectivity index (χ4v) is 1.91. The van der Waals surface area contributed by atoms with Crippen LogP contribution in [0, 0.1) is 11.3 Å². The van der Waals surface area contributed by atoms with Crippen LogP contribution in [0.2, 0.25) is 0 Å². The first-order valence-corrected chi connectivity index (χ1v) is 5.94. The molecular formula is C12H22N2O3. The highest BCUT2D eigenvalue weighted by molar-refractivity contribution is 5.97. The summed E-state index contributed by atoms with van der Waals surface area (Å²) in [5.74, 6) is -0.313. The summed E-state index contributed by atoms with van der Waals surface area (Å²) >= 11 is 0. The second kappa shape index (κ2) is 5.49. The maximum Gasteiger partial charge on any atom is 0.324 e. The molecule has 1 aliphatic rings. The molecule has 0 radical (unpaired) electrons. The van der Waals surface area contributed by atoms with Gasteiger partial charge in [0.05, 0.1) is 5.92 Å². The second-order valence-electron chi connectivity index (χ2n) is 5.48. The smallest absolute Gasteiger partial charge is 0.324 e. The van der Waals surface area contributed by atoms with Crippen LogP contribution >= 0.6 is 0 Å². The normalized spacial score (nSPS) is 21.6. The Morgan fingerprint density at radius 3 is 2.71 bits per heavy atom. The number of imide groups is 1. The molecule has 0 saturated carbocycles. The number of amides is 3. The van der Waals surface area contributed by atoms with Crippen LogP contribution in [-0.4, -0.2) is 43.6 Å². The predicted molar refractivity (Wildman–Crippen MR) is 64.5 cm³/mol. The van der Waals surface area contributed by atoms with Gasteiger partial charge in [0.2, 0.25) is 5.91 Å².